The van der Waals surface area contributed by atoms with Crippen LogP contribution in [0.4, 0.5) is 0 Å². The molecule has 10 nitrogen and oxygen atoms in total. The van der Waals surface area contributed by atoms with Crippen molar-refractivity contribution in [3.63, 3.8) is 0 Å². The Hall–Kier alpha value is -7.18. The molecule has 0 N–H and O–H groups in total. The lowest BCUT2D eigenvalue weighted by molar-refractivity contribution is 0.309. The first-order valence-electron chi connectivity index (χ1n) is 20.9. The van der Waals surface area contributed by atoms with E-state index < -0.39 is 30.3 Å². The van der Waals surface area contributed by atoms with Gasteiger partial charge in [0.15, 0.2) is 0 Å². The summed E-state index contributed by atoms with van der Waals surface area (Å²) in [5.41, 5.74) is 8.50. The summed E-state index contributed by atoms with van der Waals surface area (Å²) in [6.07, 6.45) is 0. The van der Waals surface area contributed by atoms with E-state index in [2.05, 4.69) is 0 Å². The Labute approximate surface area is 380 Å². The van der Waals surface area contributed by atoms with Crippen molar-refractivity contribution in [2.75, 3.05) is 0 Å². The molecule has 6 aromatic carbocycles. The van der Waals surface area contributed by atoms with E-state index in [4.69, 9.17) is 42.7 Å². The van der Waals surface area contributed by atoms with Crippen LogP contribution in [0.2, 0.25) is 0 Å². The first kappa shape index (κ1) is 40.9. The zero-order valence-corrected chi connectivity index (χ0v) is 37.9. The predicted octanol–water partition coefficient (Wildman–Crippen LogP) is 11.8. The third-order valence-corrected chi connectivity index (χ3v) is 13.4. The van der Waals surface area contributed by atoms with Crippen LogP contribution in [0.1, 0.15) is 22.8 Å². The normalized spacial score (nSPS) is 11.1. The number of hydrogen-bond donors (Lipinski definition) is 0. The lowest BCUT2D eigenvalue weighted by atomic mass is 10.1. The molecule has 4 aromatic heterocycles. The SMILES string of the molecule is Cc1ccc2cccc([O][Al]([O]c3ccc(-c4ccc([O][Al]([O]c5cccc6ccc(C)nc56)[O]c5cccc6ccc(C)nc56)cc4)cc3)[O]c3cccc4ccc(C)nc34)c2n1. The molecule has 310 valence electrons. The lowest BCUT2D eigenvalue weighted by Gasteiger charge is -2.19. The van der Waals surface area contributed by atoms with Crippen molar-refractivity contribution in [3.8, 4) is 45.6 Å². The highest BCUT2D eigenvalue weighted by molar-refractivity contribution is 6.40. The zero-order valence-electron chi connectivity index (χ0n) is 35.6. The van der Waals surface area contributed by atoms with E-state index in [1.54, 1.807) is 0 Å². The summed E-state index contributed by atoms with van der Waals surface area (Å²) >= 11 is -5.96. The third-order valence-electron chi connectivity index (χ3n) is 10.7. The van der Waals surface area contributed by atoms with Crippen LogP contribution >= 0.6 is 0 Å². The van der Waals surface area contributed by atoms with Gasteiger partial charge in [0, 0.05) is 44.3 Å². The highest BCUT2D eigenvalue weighted by Crippen LogP contribution is 2.32. The first-order valence-corrected chi connectivity index (χ1v) is 23.8. The molecule has 0 spiro atoms. The van der Waals surface area contributed by atoms with Gasteiger partial charge < -0.3 is 22.7 Å². The van der Waals surface area contributed by atoms with E-state index in [1.807, 2.05) is 198 Å². The minimum atomic E-state index is -2.98. The molecular formula is C52H40Al2N4O6. The van der Waals surface area contributed by atoms with E-state index in [0.29, 0.717) is 34.5 Å². The lowest BCUT2D eigenvalue weighted by Crippen LogP contribution is -2.37. The second kappa shape index (κ2) is 17.9. The van der Waals surface area contributed by atoms with Gasteiger partial charge in [-0.2, -0.15) is 0 Å². The molecule has 4 heterocycles. The Morgan fingerprint density at radius 2 is 0.547 bits per heavy atom. The monoisotopic (exact) mass is 870 g/mol. The van der Waals surface area contributed by atoms with Gasteiger partial charge in [-0.1, -0.05) is 97.1 Å². The molecule has 0 fully saturated rings. The fourth-order valence-electron chi connectivity index (χ4n) is 7.48. The summed E-state index contributed by atoms with van der Waals surface area (Å²) in [7, 11) is 0. The van der Waals surface area contributed by atoms with Crippen LogP contribution in [0, 0.1) is 27.7 Å². The highest BCUT2D eigenvalue weighted by Gasteiger charge is 2.46. The van der Waals surface area contributed by atoms with Crippen LogP contribution in [0.5, 0.6) is 34.5 Å². The summed E-state index contributed by atoms with van der Waals surface area (Å²) in [4.78, 5) is 19.1. The second-order valence-corrected chi connectivity index (χ2v) is 18.0. The van der Waals surface area contributed by atoms with Gasteiger partial charge in [0.2, 0.25) is 0 Å². The van der Waals surface area contributed by atoms with Crippen LogP contribution in [0.3, 0.4) is 0 Å². The number of para-hydroxylation sites is 4. The fraction of sp³-hybridized carbons (Fsp3) is 0.0769. The van der Waals surface area contributed by atoms with Crippen molar-refractivity contribution >= 4 is 73.9 Å². The van der Waals surface area contributed by atoms with Crippen molar-refractivity contribution in [1.82, 2.24) is 19.9 Å². The molecule has 0 unspecified atom stereocenters. The Kier molecular flexibility index (Phi) is 11.4. The number of pyridine rings is 4. The molecule has 0 aliphatic carbocycles. The predicted molar refractivity (Wildman–Crippen MR) is 253 cm³/mol. The van der Waals surface area contributed by atoms with Gasteiger partial charge in [-0.25, -0.2) is 19.9 Å². The maximum atomic E-state index is 6.62. The first-order chi connectivity index (χ1) is 31.3. The van der Waals surface area contributed by atoms with E-state index in [1.165, 1.54) is 0 Å². The molecule has 0 saturated carbocycles. The van der Waals surface area contributed by atoms with Crippen molar-refractivity contribution < 1.29 is 22.7 Å². The number of benzene rings is 6. The Bertz CT molecular complexity index is 2920. The van der Waals surface area contributed by atoms with Gasteiger partial charge in [-0.3, -0.25) is 0 Å². The maximum Gasteiger partial charge on any atom is 1.20 e. The summed E-state index contributed by atoms with van der Waals surface area (Å²) in [5, 5.41) is 3.86. The smallest absolute Gasteiger partial charge is 0.577 e. The zero-order chi connectivity index (χ0) is 43.6. The highest BCUT2D eigenvalue weighted by atomic mass is 27.3. The van der Waals surface area contributed by atoms with E-state index >= 15 is 0 Å². The Balaban J connectivity index is 0.904. The van der Waals surface area contributed by atoms with Gasteiger partial charge in [0.05, 0.1) is 11.5 Å². The molecule has 10 aromatic rings. The average molecular weight is 871 g/mol. The molecule has 64 heavy (non-hydrogen) atoms. The molecule has 0 bridgehead atoms. The maximum absolute atomic E-state index is 6.62. The Morgan fingerprint density at radius 1 is 0.281 bits per heavy atom. The molecular weight excluding hydrogens is 831 g/mol. The topological polar surface area (TPSA) is 107 Å². The van der Waals surface area contributed by atoms with Gasteiger partial charge in [-0.05, 0) is 112 Å². The van der Waals surface area contributed by atoms with Crippen molar-refractivity contribution in [2.45, 2.75) is 27.7 Å². The number of rotatable bonds is 13. The number of fused-ring (bicyclic) bond motifs is 4. The number of aryl methyl sites for hydroxylation is 4. The molecule has 0 atom stereocenters. The fourth-order valence-corrected chi connectivity index (χ4v) is 10.1. The van der Waals surface area contributed by atoms with Gasteiger partial charge in [0.1, 0.15) is 45.1 Å². The molecule has 10 rings (SSSR count). The quantitative estimate of drug-likeness (QED) is 0.104. The summed E-state index contributed by atoms with van der Waals surface area (Å²) in [6, 6.07) is 55.3. The van der Waals surface area contributed by atoms with Crippen LogP contribution in [-0.2, 0) is 0 Å². The minimum Gasteiger partial charge on any atom is -0.577 e. The second-order valence-electron chi connectivity index (χ2n) is 15.5. The van der Waals surface area contributed by atoms with Crippen LogP contribution in [0.25, 0.3) is 54.7 Å². The van der Waals surface area contributed by atoms with Crippen molar-refractivity contribution in [2.24, 2.45) is 0 Å². The third kappa shape index (κ3) is 9.00. The summed E-state index contributed by atoms with van der Waals surface area (Å²) < 4.78 is 39.7. The molecule has 0 aliphatic rings. The number of aromatic nitrogens is 4. The van der Waals surface area contributed by atoms with Gasteiger partial charge in [-0.15, -0.1) is 0 Å². The number of hydrogen-bond acceptors (Lipinski definition) is 10. The van der Waals surface area contributed by atoms with Gasteiger partial charge in [0.25, 0.3) is 0 Å². The van der Waals surface area contributed by atoms with Crippen molar-refractivity contribution in [1.29, 1.82) is 0 Å². The largest absolute Gasteiger partial charge is 1.20 e. The Morgan fingerprint density at radius 3 is 0.812 bits per heavy atom. The number of nitrogens with zero attached hydrogens (tertiary/aromatic N) is 4. The molecule has 0 saturated heterocycles. The van der Waals surface area contributed by atoms with Crippen molar-refractivity contribution in [3.05, 3.63) is 193 Å². The van der Waals surface area contributed by atoms with Crippen LogP contribution in [-0.4, -0.2) is 50.2 Å². The minimum absolute atomic E-state index is 0.593. The van der Waals surface area contributed by atoms with Crippen LogP contribution < -0.4 is 22.7 Å². The summed E-state index contributed by atoms with van der Waals surface area (Å²) in [5.74, 6) is 3.58. The van der Waals surface area contributed by atoms with E-state index in [9.17, 15) is 0 Å². The molecule has 12 heteroatoms. The van der Waals surface area contributed by atoms with Gasteiger partial charge >= 0.3 is 30.3 Å². The molecule has 0 aliphatic heterocycles. The average Bonchev–Trinajstić information content (AvgIpc) is 3.30. The van der Waals surface area contributed by atoms with Crippen LogP contribution in [0.15, 0.2) is 170 Å². The molecule has 0 amide bonds. The van der Waals surface area contributed by atoms with E-state index in [-0.39, 0.29) is 0 Å². The van der Waals surface area contributed by atoms with E-state index in [0.717, 1.165) is 77.5 Å². The molecule has 0 radical (unpaired) electrons. The standard InChI is InChI=1S/C12H10O2.4C10H9NO.2Al/c13-11-5-1-9(2-6-11)10-3-7-12(14)8-4-10;4*1-7-5-6-8-3-2-4-9(12)10(8)11-7;;/h1-8,13-14H;4*2-6,12H,1H3;;/q;;;;;2*+3/p-6. The summed E-state index contributed by atoms with van der Waals surface area (Å²) in [6.45, 7) is 7.85.